The van der Waals surface area contributed by atoms with Gasteiger partial charge in [-0.15, -0.1) is 10.2 Å². The number of ether oxygens (including phenoxy) is 2. The van der Waals surface area contributed by atoms with Gasteiger partial charge in [0.2, 0.25) is 0 Å². The SMILES string of the molecule is COc1ccc(-c2cc(-c3ccc(OC)c(C)c3Cl)c3nnc4[nH]ncc4c3c2)c(Cl)c1C. The largest absolute Gasteiger partial charge is 0.496 e. The van der Waals surface area contributed by atoms with Crippen molar-refractivity contribution in [3.63, 3.8) is 0 Å². The Morgan fingerprint density at radius 1 is 0.758 bits per heavy atom. The molecule has 5 rings (SSSR count). The Hall–Kier alpha value is -3.35. The first-order valence-corrected chi connectivity index (χ1v) is 11.0. The Labute approximate surface area is 200 Å². The quantitative estimate of drug-likeness (QED) is 0.308. The monoisotopic (exact) mass is 478 g/mol. The molecule has 0 saturated carbocycles. The smallest absolute Gasteiger partial charge is 0.178 e. The van der Waals surface area contributed by atoms with Gasteiger partial charge in [0.25, 0.3) is 0 Å². The lowest BCUT2D eigenvalue weighted by Gasteiger charge is -2.16. The summed E-state index contributed by atoms with van der Waals surface area (Å²) in [7, 11) is 3.26. The highest BCUT2D eigenvalue weighted by Crippen LogP contribution is 2.43. The third kappa shape index (κ3) is 3.37. The summed E-state index contributed by atoms with van der Waals surface area (Å²) >= 11 is 13.6. The van der Waals surface area contributed by atoms with E-state index in [-0.39, 0.29) is 0 Å². The number of nitrogens with zero attached hydrogens (tertiary/aromatic N) is 3. The van der Waals surface area contributed by atoms with Crippen molar-refractivity contribution in [3.05, 3.63) is 63.8 Å². The molecule has 0 spiro atoms. The molecule has 1 N–H and O–H groups in total. The number of methoxy groups -OCH3 is 2. The van der Waals surface area contributed by atoms with E-state index in [1.807, 2.05) is 44.2 Å². The first kappa shape index (κ1) is 21.5. The second-order valence-corrected chi connectivity index (χ2v) is 8.52. The topological polar surface area (TPSA) is 72.9 Å². The summed E-state index contributed by atoms with van der Waals surface area (Å²) < 4.78 is 10.9. The lowest BCUT2D eigenvalue weighted by molar-refractivity contribution is 0.411. The fourth-order valence-electron chi connectivity index (χ4n) is 4.17. The highest BCUT2D eigenvalue weighted by Gasteiger charge is 2.19. The Morgan fingerprint density at radius 2 is 1.39 bits per heavy atom. The molecule has 0 aliphatic rings. The molecule has 0 bridgehead atoms. The van der Waals surface area contributed by atoms with Crippen molar-refractivity contribution in [2.45, 2.75) is 13.8 Å². The maximum absolute atomic E-state index is 6.81. The third-order valence-corrected chi connectivity index (χ3v) is 6.96. The van der Waals surface area contributed by atoms with Crippen molar-refractivity contribution in [2.24, 2.45) is 0 Å². The van der Waals surface area contributed by atoms with Crippen LogP contribution in [-0.4, -0.2) is 34.6 Å². The first-order valence-electron chi connectivity index (χ1n) is 10.2. The van der Waals surface area contributed by atoms with Crippen LogP contribution < -0.4 is 9.47 Å². The van der Waals surface area contributed by atoms with Crippen molar-refractivity contribution in [1.29, 1.82) is 0 Å². The van der Waals surface area contributed by atoms with Crippen LogP contribution in [0.25, 0.3) is 44.2 Å². The zero-order chi connectivity index (χ0) is 23.3. The van der Waals surface area contributed by atoms with E-state index in [2.05, 4.69) is 26.5 Å². The minimum atomic E-state index is 0.596. The minimum absolute atomic E-state index is 0.596. The molecule has 0 radical (unpaired) electrons. The van der Waals surface area contributed by atoms with E-state index in [0.29, 0.717) is 15.7 Å². The summed E-state index contributed by atoms with van der Waals surface area (Å²) in [4.78, 5) is 0. The maximum Gasteiger partial charge on any atom is 0.178 e. The van der Waals surface area contributed by atoms with Crippen LogP contribution in [-0.2, 0) is 0 Å². The minimum Gasteiger partial charge on any atom is -0.496 e. The van der Waals surface area contributed by atoms with E-state index in [4.69, 9.17) is 32.7 Å². The van der Waals surface area contributed by atoms with Crippen molar-refractivity contribution in [1.82, 2.24) is 20.4 Å². The molecule has 0 amide bonds. The van der Waals surface area contributed by atoms with E-state index in [1.165, 1.54) is 0 Å². The number of aromatic amines is 1. The Bertz CT molecular complexity index is 1550. The fourth-order valence-corrected chi connectivity index (χ4v) is 4.69. The van der Waals surface area contributed by atoms with Gasteiger partial charge in [-0.25, -0.2) is 0 Å². The van der Waals surface area contributed by atoms with Gasteiger partial charge in [0, 0.05) is 33.2 Å². The van der Waals surface area contributed by atoms with Crippen LogP contribution >= 0.6 is 23.2 Å². The lowest BCUT2D eigenvalue weighted by atomic mass is 9.93. The molecule has 6 nitrogen and oxygen atoms in total. The molecule has 166 valence electrons. The molecule has 5 aromatic rings. The van der Waals surface area contributed by atoms with Crippen LogP contribution in [0.5, 0.6) is 11.5 Å². The average Bonchev–Trinajstić information content (AvgIpc) is 3.31. The van der Waals surface area contributed by atoms with Gasteiger partial charge in [-0.2, -0.15) is 5.10 Å². The van der Waals surface area contributed by atoms with Crippen LogP contribution in [0, 0.1) is 13.8 Å². The van der Waals surface area contributed by atoms with Gasteiger partial charge in [0.1, 0.15) is 17.0 Å². The van der Waals surface area contributed by atoms with E-state index < -0.39 is 0 Å². The van der Waals surface area contributed by atoms with Gasteiger partial charge >= 0.3 is 0 Å². The van der Waals surface area contributed by atoms with E-state index in [0.717, 1.165) is 61.2 Å². The van der Waals surface area contributed by atoms with Crippen LogP contribution in [0.15, 0.2) is 42.6 Å². The second kappa shape index (κ2) is 8.21. The summed E-state index contributed by atoms with van der Waals surface area (Å²) in [6, 6.07) is 11.8. The van der Waals surface area contributed by atoms with Crippen molar-refractivity contribution < 1.29 is 9.47 Å². The van der Waals surface area contributed by atoms with Gasteiger partial charge in [-0.05, 0) is 55.8 Å². The summed E-state index contributed by atoms with van der Waals surface area (Å²) in [5.74, 6) is 1.46. The molecule has 33 heavy (non-hydrogen) atoms. The van der Waals surface area contributed by atoms with Crippen LogP contribution in [0.1, 0.15) is 11.1 Å². The van der Waals surface area contributed by atoms with E-state index in [1.54, 1.807) is 20.4 Å². The van der Waals surface area contributed by atoms with Gasteiger partial charge in [0.15, 0.2) is 5.65 Å². The number of H-pyrrole nitrogens is 1. The molecule has 0 atom stereocenters. The molecule has 0 aliphatic heterocycles. The Morgan fingerprint density at radius 3 is 2.06 bits per heavy atom. The molecule has 0 fully saturated rings. The predicted octanol–water partition coefficient (Wildman–Crippen LogP) is 6.78. The molecular weight excluding hydrogens is 459 g/mol. The van der Waals surface area contributed by atoms with Crippen LogP contribution in [0.3, 0.4) is 0 Å². The summed E-state index contributed by atoms with van der Waals surface area (Å²) in [5, 5.41) is 18.9. The molecule has 2 aromatic heterocycles. The number of fused-ring (bicyclic) bond motifs is 3. The van der Waals surface area contributed by atoms with Crippen molar-refractivity contribution in [3.8, 4) is 33.8 Å². The van der Waals surface area contributed by atoms with Crippen molar-refractivity contribution in [2.75, 3.05) is 14.2 Å². The number of hydrogen-bond donors (Lipinski definition) is 1. The highest BCUT2D eigenvalue weighted by atomic mass is 35.5. The molecule has 0 aliphatic carbocycles. The van der Waals surface area contributed by atoms with E-state index in [9.17, 15) is 0 Å². The predicted molar refractivity (Wildman–Crippen MR) is 133 cm³/mol. The zero-order valence-corrected chi connectivity index (χ0v) is 20.0. The summed E-state index contributed by atoms with van der Waals surface area (Å²) in [6.07, 6.45) is 1.75. The number of halogens is 2. The molecular formula is C25H20Cl2N4O2. The van der Waals surface area contributed by atoms with Gasteiger partial charge in [-0.3, -0.25) is 5.10 Å². The normalized spacial score (nSPS) is 11.3. The summed E-state index contributed by atoms with van der Waals surface area (Å²) in [5.41, 5.74) is 6.55. The highest BCUT2D eigenvalue weighted by molar-refractivity contribution is 6.35. The molecule has 8 heteroatoms. The first-order chi connectivity index (χ1) is 15.9. The summed E-state index contributed by atoms with van der Waals surface area (Å²) in [6.45, 7) is 3.87. The van der Waals surface area contributed by atoms with Gasteiger partial charge < -0.3 is 9.47 Å². The Kier molecular flexibility index (Phi) is 5.35. The number of hydrogen-bond acceptors (Lipinski definition) is 5. The average molecular weight is 479 g/mol. The Balaban J connectivity index is 1.87. The second-order valence-electron chi connectivity index (χ2n) is 7.76. The molecule has 2 heterocycles. The fraction of sp³-hybridized carbons (Fsp3) is 0.160. The molecule has 0 saturated heterocycles. The molecule has 0 unspecified atom stereocenters. The van der Waals surface area contributed by atoms with Gasteiger partial charge in [-0.1, -0.05) is 23.2 Å². The number of benzene rings is 3. The number of aromatic nitrogens is 4. The number of nitrogens with one attached hydrogen (secondary N) is 1. The lowest BCUT2D eigenvalue weighted by Crippen LogP contribution is -1.95. The van der Waals surface area contributed by atoms with Crippen LogP contribution in [0.2, 0.25) is 10.0 Å². The third-order valence-electron chi connectivity index (χ3n) is 5.98. The van der Waals surface area contributed by atoms with Crippen LogP contribution in [0.4, 0.5) is 0 Å². The van der Waals surface area contributed by atoms with Gasteiger partial charge in [0.05, 0.1) is 35.8 Å². The maximum atomic E-state index is 6.81. The zero-order valence-electron chi connectivity index (χ0n) is 18.5. The number of rotatable bonds is 4. The van der Waals surface area contributed by atoms with E-state index >= 15 is 0 Å². The standard InChI is InChI=1S/C25H20Cl2N4O2/c1-12-20(32-3)7-5-15(22(12)26)14-9-17(16-6-8-21(33-4)13(2)23(16)27)24-18(10-14)19-11-28-30-25(19)31-29-24/h5-11H,1-4H3,(H,28,30,31). The van der Waals surface area contributed by atoms with Crippen molar-refractivity contribution >= 4 is 45.1 Å². The molecule has 3 aromatic carbocycles.